The Morgan fingerprint density at radius 3 is 2.33 bits per heavy atom. The van der Waals surface area contributed by atoms with Crippen molar-refractivity contribution in [1.29, 1.82) is 0 Å². The van der Waals surface area contributed by atoms with Crippen molar-refractivity contribution in [1.82, 2.24) is 10.2 Å². The van der Waals surface area contributed by atoms with Crippen molar-refractivity contribution in [2.24, 2.45) is 0 Å². The van der Waals surface area contributed by atoms with E-state index in [1.807, 2.05) is 37.4 Å². The highest BCUT2D eigenvalue weighted by Crippen LogP contribution is 2.10. The Kier molecular flexibility index (Phi) is 6.09. The lowest BCUT2D eigenvalue weighted by molar-refractivity contribution is -0.138. The van der Waals surface area contributed by atoms with Crippen molar-refractivity contribution in [2.75, 3.05) is 7.05 Å². The molecule has 0 saturated carbocycles. The summed E-state index contributed by atoms with van der Waals surface area (Å²) in [5.74, 6) is -1.43. The minimum atomic E-state index is -1.05. The average molecular weight is 326 g/mol. The van der Waals surface area contributed by atoms with Crippen LogP contribution in [0, 0.1) is 0 Å². The zero-order valence-corrected chi connectivity index (χ0v) is 13.9. The molecule has 2 N–H and O–H groups in total. The molecule has 0 spiro atoms. The molecule has 2 rings (SSSR count). The summed E-state index contributed by atoms with van der Waals surface area (Å²) in [6, 6.07) is 16.5. The van der Waals surface area contributed by atoms with Crippen LogP contribution in [0.5, 0.6) is 0 Å². The summed E-state index contributed by atoms with van der Waals surface area (Å²) in [6.07, 6.45) is 0. The van der Waals surface area contributed by atoms with Gasteiger partial charge in [0.2, 0.25) is 0 Å². The molecule has 0 aromatic heterocycles. The quantitative estimate of drug-likeness (QED) is 0.820. The molecular formula is C19H22N2O3. The number of rotatable bonds is 7. The molecule has 1 amide bonds. The fourth-order valence-corrected chi connectivity index (χ4v) is 2.42. The van der Waals surface area contributed by atoms with Gasteiger partial charge in [-0.3, -0.25) is 14.5 Å². The van der Waals surface area contributed by atoms with E-state index in [0.717, 1.165) is 12.1 Å². The van der Waals surface area contributed by atoms with Crippen LogP contribution in [-0.4, -0.2) is 35.0 Å². The molecule has 126 valence electrons. The van der Waals surface area contributed by atoms with Crippen LogP contribution in [0.2, 0.25) is 0 Å². The van der Waals surface area contributed by atoms with Gasteiger partial charge < -0.3 is 10.4 Å². The maximum absolute atomic E-state index is 12.1. The van der Waals surface area contributed by atoms with E-state index in [4.69, 9.17) is 5.11 Å². The van der Waals surface area contributed by atoms with E-state index in [-0.39, 0.29) is 5.91 Å². The van der Waals surface area contributed by atoms with Crippen LogP contribution in [0.3, 0.4) is 0 Å². The van der Waals surface area contributed by atoms with Gasteiger partial charge in [0.25, 0.3) is 5.91 Å². The van der Waals surface area contributed by atoms with Crippen LogP contribution in [0.1, 0.15) is 28.4 Å². The fraction of sp³-hybridized carbons (Fsp3) is 0.263. The van der Waals surface area contributed by atoms with Crippen LogP contribution in [0.25, 0.3) is 0 Å². The summed E-state index contributed by atoms with van der Waals surface area (Å²) >= 11 is 0. The van der Waals surface area contributed by atoms with Gasteiger partial charge in [0.15, 0.2) is 0 Å². The SMILES string of the molecule is C[C@@H](NC(=O)c1cccc(CN(C)Cc2ccccc2)c1)C(=O)O. The number of hydrogen-bond donors (Lipinski definition) is 2. The van der Waals surface area contributed by atoms with Gasteiger partial charge in [-0.15, -0.1) is 0 Å². The van der Waals surface area contributed by atoms with E-state index in [2.05, 4.69) is 22.3 Å². The lowest BCUT2D eigenvalue weighted by Gasteiger charge is -2.17. The van der Waals surface area contributed by atoms with Gasteiger partial charge in [0, 0.05) is 18.7 Å². The third-order valence-corrected chi connectivity index (χ3v) is 3.66. The number of nitrogens with zero attached hydrogens (tertiary/aromatic N) is 1. The number of carbonyl (C=O) groups excluding carboxylic acids is 1. The lowest BCUT2D eigenvalue weighted by Crippen LogP contribution is -2.38. The molecule has 24 heavy (non-hydrogen) atoms. The largest absolute Gasteiger partial charge is 0.480 e. The van der Waals surface area contributed by atoms with Gasteiger partial charge in [-0.1, -0.05) is 42.5 Å². The Hall–Kier alpha value is -2.66. The zero-order valence-electron chi connectivity index (χ0n) is 13.9. The summed E-state index contributed by atoms with van der Waals surface area (Å²) in [4.78, 5) is 25.1. The number of amides is 1. The molecule has 0 radical (unpaired) electrons. The Balaban J connectivity index is 1.99. The Labute approximate surface area is 141 Å². The van der Waals surface area contributed by atoms with Crippen molar-refractivity contribution in [3.05, 3.63) is 71.3 Å². The zero-order chi connectivity index (χ0) is 17.5. The molecule has 5 nitrogen and oxygen atoms in total. The molecule has 2 aromatic rings. The maximum atomic E-state index is 12.1. The van der Waals surface area contributed by atoms with Crippen molar-refractivity contribution in [3.63, 3.8) is 0 Å². The first-order valence-corrected chi connectivity index (χ1v) is 7.81. The van der Waals surface area contributed by atoms with E-state index in [9.17, 15) is 9.59 Å². The number of aliphatic carboxylic acids is 1. The molecule has 5 heteroatoms. The number of nitrogens with one attached hydrogen (secondary N) is 1. The van der Waals surface area contributed by atoms with Gasteiger partial charge in [-0.05, 0) is 37.2 Å². The molecule has 0 aliphatic carbocycles. The first-order chi connectivity index (χ1) is 11.5. The van der Waals surface area contributed by atoms with Crippen LogP contribution >= 0.6 is 0 Å². The molecule has 0 heterocycles. The highest BCUT2D eigenvalue weighted by molar-refractivity contribution is 5.96. The van der Waals surface area contributed by atoms with Crippen molar-refractivity contribution < 1.29 is 14.7 Å². The molecule has 0 bridgehead atoms. The summed E-state index contributed by atoms with van der Waals surface area (Å²) in [5.41, 5.74) is 2.70. The maximum Gasteiger partial charge on any atom is 0.325 e. The minimum absolute atomic E-state index is 0.377. The Morgan fingerprint density at radius 1 is 1.04 bits per heavy atom. The second-order valence-electron chi connectivity index (χ2n) is 5.89. The molecule has 2 aromatic carbocycles. The normalized spacial score (nSPS) is 12.0. The fourth-order valence-electron chi connectivity index (χ4n) is 2.42. The highest BCUT2D eigenvalue weighted by atomic mass is 16.4. The van der Waals surface area contributed by atoms with Gasteiger partial charge >= 0.3 is 5.97 Å². The number of benzene rings is 2. The van der Waals surface area contributed by atoms with Crippen LogP contribution in [0.15, 0.2) is 54.6 Å². The van der Waals surface area contributed by atoms with E-state index in [1.165, 1.54) is 12.5 Å². The number of carboxylic acid groups (broad SMARTS) is 1. The van der Waals surface area contributed by atoms with Gasteiger partial charge in [0.05, 0.1) is 0 Å². The standard InChI is InChI=1S/C19H22N2O3/c1-14(19(23)24)20-18(22)17-10-6-9-16(11-17)13-21(2)12-15-7-4-3-5-8-15/h3-11,14H,12-13H2,1-2H3,(H,20,22)(H,23,24)/t14-/m1/s1. The summed E-state index contributed by atoms with van der Waals surface area (Å²) in [6.45, 7) is 2.95. The molecule has 0 aliphatic heterocycles. The molecule has 0 saturated heterocycles. The van der Waals surface area contributed by atoms with Gasteiger partial charge in [-0.2, -0.15) is 0 Å². The third-order valence-electron chi connectivity index (χ3n) is 3.66. The second-order valence-corrected chi connectivity index (χ2v) is 5.89. The predicted molar refractivity (Wildman–Crippen MR) is 92.6 cm³/mol. The molecule has 1 atom stereocenters. The Bertz CT molecular complexity index is 701. The summed E-state index contributed by atoms with van der Waals surface area (Å²) in [5, 5.41) is 11.3. The highest BCUT2D eigenvalue weighted by Gasteiger charge is 2.15. The smallest absolute Gasteiger partial charge is 0.325 e. The monoisotopic (exact) mass is 326 g/mol. The molecule has 0 fully saturated rings. The number of carboxylic acids is 1. The van der Waals surface area contributed by atoms with Crippen LogP contribution < -0.4 is 5.32 Å². The average Bonchev–Trinajstić information content (AvgIpc) is 2.55. The van der Waals surface area contributed by atoms with E-state index in [1.54, 1.807) is 12.1 Å². The van der Waals surface area contributed by atoms with Crippen molar-refractivity contribution in [3.8, 4) is 0 Å². The molecular weight excluding hydrogens is 304 g/mol. The summed E-state index contributed by atoms with van der Waals surface area (Å²) in [7, 11) is 2.02. The summed E-state index contributed by atoms with van der Waals surface area (Å²) < 4.78 is 0. The van der Waals surface area contributed by atoms with E-state index >= 15 is 0 Å². The first-order valence-electron chi connectivity index (χ1n) is 7.81. The van der Waals surface area contributed by atoms with Crippen LogP contribution in [0.4, 0.5) is 0 Å². The number of carbonyl (C=O) groups is 2. The van der Waals surface area contributed by atoms with E-state index < -0.39 is 12.0 Å². The van der Waals surface area contributed by atoms with Crippen molar-refractivity contribution >= 4 is 11.9 Å². The van der Waals surface area contributed by atoms with Crippen molar-refractivity contribution in [2.45, 2.75) is 26.1 Å². The third kappa shape index (κ3) is 5.21. The number of hydrogen-bond acceptors (Lipinski definition) is 3. The first kappa shape index (κ1) is 17.7. The van der Waals surface area contributed by atoms with Crippen LogP contribution in [-0.2, 0) is 17.9 Å². The minimum Gasteiger partial charge on any atom is -0.480 e. The lowest BCUT2D eigenvalue weighted by atomic mass is 10.1. The predicted octanol–water partition coefficient (Wildman–Crippen LogP) is 2.52. The van der Waals surface area contributed by atoms with Gasteiger partial charge in [0.1, 0.15) is 6.04 Å². The second kappa shape index (κ2) is 8.26. The van der Waals surface area contributed by atoms with Gasteiger partial charge in [-0.25, -0.2) is 0 Å². The molecule has 0 unspecified atom stereocenters. The van der Waals surface area contributed by atoms with E-state index in [0.29, 0.717) is 12.1 Å². The molecule has 0 aliphatic rings. The Morgan fingerprint density at radius 2 is 1.67 bits per heavy atom. The topological polar surface area (TPSA) is 69.6 Å².